The maximum absolute atomic E-state index is 11.6. The van der Waals surface area contributed by atoms with E-state index in [2.05, 4.69) is 15.3 Å². The second-order valence-electron chi connectivity index (χ2n) is 4.49. The van der Waals surface area contributed by atoms with Crippen LogP contribution in [0.2, 0.25) is 0 Å². The summed E-state index contributed by atoms with van der Waals surface area (Å²) in [6, 6.07) is 1.85. The summed E-state index contributed by atoms with van der Waals surface area (Å²) in [5.74, 6) is 0.471. The van der Waals surface area contributed by atoms with Gasteiger partial charge in [-0.25, -0.2) is 13.6 Å². The molecule has 0 amide bonds. The van der Waals surface area contributed by atoms with Crippen LogP contribution in [0, 0.1) is 6.92 Å². The van der Waals surface area contributed by atoms with E-state index in [9.17, 15) is 8.42 Å². The summed E-state index contributed by atoms with van der Waals surface area (Å²) in [5.41, 5.74) is 1.57. The molecule has 0 aromatic carbocycles. The maximum Gasteiger partial charge on any atom is 0.273 e. The second kappa shape index (κ2) is 5.33. The Labute approximate surface area is 117 Å². The fraction of sp³-hybridized carbons (Fsp3) is 0.545. The molecule has 0 aliphatic rings. The number of rotatable bonds is 5. The van der Waals surface area contributed by atoms with Crippen molar-refractivity contribution in [2.24, 2.45) is 5.14 Å². The molecule has 0 radical (unpaired) electrons. The summed E-state index contributed by atoms with van der Waals surface area (Å²) < 4.78 is 26.4. The minimum atomic E-state index is -3.90. The molecule has 2 heterocycles. The van der Waals surface area contributed by atoms with E-state index in [1.807, 2.05) is 26.8 Å². The van der Waals surface area contributed by atoms with Crippen molar-refractivity contribution in [2.75, 3.05) is 0 Å². The normalized spacial score (nSPS) is 12.0. The number of aryl methyl sites for hydroxylation is 2. The number of primary sulfonamides is 1. The zero-order chi connectivity index (χ0) is 14.9. The van der Waals surface area contributed by atoms with Crippen LogP contribution >= 0.6 is 0 Å². The highest BCUT2D eigenvalue weighted by atomic mass is 32.2. The van der Waals surface area contributed by atoms with E-state index in [1.54, 1.807) is 4.68 Å². The van der Waals surface area contributed by atoms with Crippen molar-refractivity contribution >= 4 is 10.0 Å². The first kappa shape index (κ1) is 14.7. The van der Waals surface area contributed by atoms with Crippen molar-refractivity contribution in [1.82, 2.24) is 24.5 Å². The molecular formula is C11H18N6O2S. The van der Waals surface area contributed by atoms with Crippen molar-refractivity contribution in [3.05, 3.63) is 11.8 Å². The number of hydrogen-bond acceptors (Lipinski definition) is 5. The van der Waals surface area contributed by atoms with Gasteiger partial charge in [0.05, 0.1) is 5.69 Å². The van der Waals surface area contributed by atoms with Crippen LogP contribution in [-0.4, -0.2) is 33.0 Å². The number of aromatic nitrogens is 5. The molecule has 0 saturated carbocycles. The lowest BCUT2D eigenvalue weighted by Crippen LogP contribution is -2.19. The molecule has 2 rings (SSSR count). The summed E-state index contributed by atoms with van der Waals surface area (Å²) in [6.07, 6.45) is 0.743. The van der Waals surface area contributed by atoms with Crippen LogP contribution in [0.4, 0.5) is 0 Å². The van der Waals surface area contributed by atoms with Crippen LogP contribution in [0.5, 0.6) is 0 Å². The lowest BCUT2D eigenvalue weighted by molar-refractivity contribution is 0.557. The Hall–Kier alpha value is -1.74. The molecule has 0 unspecified atom stereocenters. The molecule has 0 saturated heterocycles. The first-order chi connectivity index (χ1) is 9.38. The van der Waals surface area contributed by atoms with Crippen LogP contribution in [0.15, 0.2) is 11.2 Å². The summed E-state index contributed by atoms with van der Waals surface area (Å²) in [5, 5.41) is 17.0. The molecule has 0 fully saturated rings. The average molecular weight is 298 g/mol. The molecule has 0 spiro atoms. The SMILES string of the molecule is CCCn1c(-c2cc(C)nn2CC)nnc1S(N)(=O)=O. The van der Waals surface area contributed by atoms with E-state index in [-0.39, 0.29) is 5.16 Å². The molecule has 0 bridgehead atoms. The predicted octanol–water partition coefficient (Wildman–Crippen LogP) is 0.527. The molecule has 110 valence electrons. The third-order valence-electron chi connectivity index (χ3n) is 2.85. The van der Waals surface area contributed by atoms with Gasteiger partial charge in [0, 0.05) is 13.1 Å². The monoisotopic (exact) mass is 298 g/mol. The number of nitrogens with two attached hydrogens (primary N) is 1. The third-order valence-corrected chi connectivity index (χ3v) is 3.66. The second-order valence-corrected chi connectivity index (χ2v) is 5.94. The summed E-state index contributed by atoms with van der Waals surface area (Å²) in [7, 11) is -3.90. The Kier molecular flexibility index (Phi) is 3.91. The van der Waals surface area contributed by atoms with Crippen LogP contribution in [0.3, 0.4) is 0 Å². The van der Waals surface area contributed by atoms with Gasteiger partial charge in [-0.15, -0.1) is 10.2 Å². The van der Waals surface area contributed by atoms with E-state index in [0.717, 1.165) is 17.8 Å². The molecule has 2 aromatic heterocycles. The standard InChI is InChI=1S/C11H18N6O2S/c1-4-6-16-10(13-14-11(16)20(12,18)19)9-7-8(3)15-17(9)5-2/h7H,4-6H2,1-3H3,(H2,12,18,19). The van der Waals surface area contributed by atoms with E-state index in [0.29, 0.717) is 18.9 Å². The van der Waals surface area contributed by atoms with E-state index in [4.69, 9.17) is 5.14 Å². The zero-order valence-electron chi connectivity index (χ0n) is 11.7. The van der Waals surface area contributed by atoms with Gasteiger partial charge in [0.1, 0.15) is 5.69 Å². The van der Waals surface area contributed by atoms with Crippen molar-refractivity contribution in [2.45, 2.75) is 45.4 Å². The van der Waals surface area contributed by atoms with Gasteiger partial charge >= 0.3 is 0 Å². The Morgan fingerprint density at radius 3 is 2.55 bits per heavy atom. The Bertz CT molecular complexity index is 715. The highest BCUT2D eigenvalue weighted by molar-refractivity contribution is 7.89. The molecule has 2 N–H and O–H groups in total. The predicted molar refractivity (Wildman–Crippen MR) is 73.3 cm³/mol. The molecule has 2 aromatic rings. The fourth-order valence-corrected chi connectivity index (χ4v) is 2.72. The lowest BCUT2D eigenvalue weighted by atomic mass is 10.3. The van der Waals surface area contributed by atoms with Crippen molar-refractivity contribution < 1.29 is 8.42 Å². The molecule has 9 heteroatoms. The Balaban J connectivity index is 2.65. The highest BCUT2D eigenvalue weighted by Gasteiger charge is 2.23. The van der Waals surface area contributed by atoms with Crippen molar-refractivity contribution in [1.29, 1.82) is 0 Å². The largest absolute Gasteiger partial charge is 0.295 e. The molecular weight excluding hydrogens is 280 g/mol. The topological polar surface area (TPSA) is 109 Å². The minimum absolute atomic E-state index is 0.212. The van der Waals surface area contributed by atoms with Crippen molar-refractivity contribution in [3.8, 4) is 11.5 Å². The van der Waals surface area contributed by atoms with Crippen molar-refractivity contribution in [3.63, 3.8) is 0 Å². The highest BCUT2D eigenvalue weighted by Crippen LogP contribution is 2.21. The Morgan fingerprint density at radius 1 is 1.30 bits per heavy atom. The van der Waals surface area contributed by atoms with Gasteiger partial charge in [0.25, 0.3) is 15.2 Å². The van der Waals surface area contributed by atoms with Gasteiger partial charge in [0.2, 0.25) is 0 Å². The zero-order valence-corrected chi connectivity index (χ0v) is 12.6. The first-order valence-electron chi connectivity index (χ1n) is 6.39. The Morgan fingerprint density at radius 2 is 2.00 bits per heavy atom. The maximum atomic E-state index is 11.6. The average Bonchev–Trinajstić information content (AvgIpc) is 2.92. The molecule has 8 nitrogen and oxygen atoms in total. The molecule has 0 atom stereocenters. The van der Waals surface area contributed by atoms with Crippen LogP contribution in [0.1, 0.15) is 26.0 Å². The van der Waals surface area contributed by atoms with Gasteiger partial charge in [0.15, 0.2) is 5.82 Å². The smallest absolute Gasteiger partial charge is 0.273 e. The summed E-state index contributed by atoms with van der Waals surface area (Å²) in [4.78, 5) is 0. The summed E-state index contributed by atoms with van der Waals surface area (Å²) in [6.45, 7) is 6.90. The third kappa shape index (κ3) is 2.59. The molecule has 0 aliphatic heterocycles. The van der Waals surface area contributed by atoms with Gasteiger partial charge < -0.3 is 0 Å². The number of nitrogens with zero attached hydrogens (tertiary/aromatic N) is 5. The van der Waals surface area contributed by atoms with E-state index >= 15 is 0 Å². The number of hydrogen-bond donors (Lipinski definition) is 1. The molecule has 20 heavy (non-hydrogen) atoms. The fourth-order valence-electron chi connectivity index (χ4n) is 2.08. The van der Waals surface area contributed by atoms with Gasteiger partial charge in [-0.1, -0.05) is 6.92 Å². The first-order valence-corrected chi connectivity index (χ1v) is 7.94. The lowest BCUT2D eigenvalue weighted by Gasteiger charge is -2.08. The van der Waals surface area contributed by atoms with E-state index in [1.165, 1.54) is 4.57 Å². The van der Waals surface area contributed by atoms with Crippen LogP contribution in [0.25, 0.3) is 11.5 Å². The minimum Gasteiger partial charge on any atom is -0.295 e. The summed E-state index contributed by atoms with van der Waals surface area (Å²) >= 11 is 0. The molecule has 0 aliphatic carbocycles. The van der Waals surface area contributed by atoms with E-state index < -0.39 is 10.0 Å². The van der Waals surface area contributed by atoms with Crippen LogP contribution < -0.4 is 5.14 Å². The quantitative estimate of drug-likeness (QED) is 0.866. The van der Waals surface area contributed by atoms with Gasteiger partial charge in [-0.05, 0) is 26.3 Å². The van der Waals surface area contributed by atoms with Gasteiger partial charge in [-0.3, -0.25) is 9.25 Å². The number of sulfonamides is 1. The van der Waals surface area contributed by atoms with Crippen LogP contribution in [-0.2, 0) is 23.1 Å². The van der Waals surface area contributed by atoms with Gasteiger partial charge in [-0.2, -0.15) is 5.10 Å².